The van der Waals surface area contributed by atoms with E-state index >= 15 is 0 Å². The number of rotatable bonds is 1. The number of esters is 1. The monoisotopic (exact) mass is 189 g/mol. The SMILES string of the molecule is COC(=O)c1ccc[nH]c1=O.Cl. The first-order valence-corrected chi connectivity index (χ1v) is 3.01. The van der Waals surface area contributed by atoms with Gasteiger partial charge in [0, 0.05) is 6.20 Å². The zero-order valence-electron chi connectivity index (χ0n) is 6.37. The minimum absolute atomic E-state index is 0. The first kappa shape index (κ1) is 10.7. The summed E-state index contributed by atoms with van der Waals surface area (Å²) >= 11 is 0. The van der Waals surface area contributed by atoms with Crippen LogP contribution in [0.4, 0.5) is 0 Å². The minimum atomic E-state index is -0.619. The molecule has 0 aliphatic carbocycles. The van der Waals surface area contributed by atoms with E-state index in [1.54, 1.807) is 6.07 Å². The standard InChI is InChI=1S/C7H7NO3.ClH/c1-11-7(10)5-3-2-4-8-6(5)9;/h2-4H,1H3,(H,8,9);1H. The van der Waals surface area contributed by atoms with Gasteiger partial charge in [-0.15, -0.1) is 12.4 Å². The van der Waals surface area contributed by atoms with Crippen LogP contribution in [0, 0.1) is 0 Å². The van der Waals surface area contributed by atoms with E-state index in [1.165, 1.54) is 19.4 Å². The van der Waals surface area contributed by atoms with E-state index in [1.807, 2.05) is 0 Å². The molecule has 0 fully saturated rings. The summed E-state index contributed by atoms with van der Waals surface area (Å²) in [6.45, 7) is 0. The molecule has 0 unspecified atom stereocenters. The van der Waals surface area contributed by atoms with Gasteiger partial charge < -0.3 is 9.72 Å². The first-order chi connectivity index (χ1) is 5.25. The molecule has 0 radical (unpaired) electrons. The number of carbonyl (C=O) groups is 1. The Bertz CT molecular complexity index is 320. The summed E-state index contributed by atoms with van der Waals surface area (Å²) in [7, 11) is 1.23. The second kappa shape index (κ2) is 4.56. The topological polar surface area (TPSA) is 59.2 Å². The van der Waals surface area contributed by atoms with Gasteiger partial charge in [-0.25, -0.2) is 4.79 Å². The summed E-state index contributed by atoms with van der Waals surface area (Å²) in [5.74, 6) is -0.619. The average molecular weight is 190 g/mol. The van der Waals surface area contributed by atoms with E-state index in [9.17, 15) is 9.59 Å². The van der Waals surface area contributed by atoms with Crippen LogP contribution in [0.1, 0.15) is 10.4 Å². The van der Waals surface area contributed by atoms with Gasteiger partial charge in [-0.05, 0) is 12.1 Å². The van der Waals surface area contributed by atoms with Crippen molar-refractivity contribution in [2.75, 3.05) is 7.11 Å². The lowest BCUT2D eigenvalue weighted by Crippen LogP contribution is -2.17. The number of hydrogen-bond acceptors (Lipinski definition) is 3. The number of aromatic nitrogens is 1. The van der Waals surface area contributed by atoms with E-state index in [4.69, 9.17) is 0 Å². The van der Waals surface area contributed by atoms with Crippen LogP contribution in [0.15, 0.2) is 23.1 Å². The van der Waals surface area contributed by atoms with Crippen molar-refractivity contribution in [2.45, 2.75) is 0 Å². The second-order valence-corrected chi connectivity index (χ2v) is 1.90. The Kier molecular flexibility index (Phi) is 4.07. The van der Waals surface area contributed by atoms with Crippen molar-refractivity contribution in [1.82, 2.24) is 4.98 Å². The van der Waals surface area contributed by atoms with Gasteiger partial charge in [0.1, 0.15) is 5.56 Å². The van der Waals surface area contributed by atoms with Gasteiger partial charge in [0.15, 0.2) is 0 Å². The fourth-order valence-corrected chi connectivity index (χ4v) is 0.692. The largest absolute Gasteiger partial charge is 0.465 e. The van der Waals surface area contributed by atoms with Crippen LogP contribution in [-0.2, 0) is 4.74 Å². The molecule has 0 saturated heterocycles. The molecule has 66 valence electrons. The van der Waals surface area contributed by atoms with Gasteiger partial charge in [0.2, 0.25) is 0 Å². The second-order valence-electron chi connectivity index (χ2n) is 1.90. The Labute approximate surface area is 75.0 Å². The number of ether oxygens (including phenoxy) is 1. The van der Waals surface area contributed by atoms with Gasteiger partial charge in [-0.1, -0.05) is 0 Å². The van der Waals surface area contributed by atoms with Gasteiger partial charge in [0.05, 0.1) is 7.11 Å². The summed E-state index contributed by atoms with van der Waals surface area (Å²) in [6.07, 6.45) is 1.45. The number of halogens is 1. The lowest BCUT2D eigenvalue weighted by molar-refractivity contribution is 0.0598. The van der Waals surface area contributed by atoms with Crippen molar-refractivity contribution < 1.29 is 9.53 Å². The molecule has 0 saturated carbocycles. The number of methoxy groups -OCH3 is 1. The predicted molar refractivity (Wildman–Crippen MR) is 45.7 cm³/mol. The number of nitrogens with one attached hydrogen (secondary N) is 1. The smallest absolute Gasteiger partial charge is 0.343 e. The molecular formula is C7H8ClNO3. The zero-order chi connectivity index (χ0) is 8.27. The van der Waals surface area contributed by atoms with Gasteiger partial charge in [-0.2, -0.15) is 0 Å². The summed E-state index contributed by atoms with van der Waals surface area (Å²) < 4.78 is 4.36. The zero-order valence-corrected chi connectivity index (χ0v) is 7.18. The average Bonchev–Trinajstić information content (AvgIpc) is 2.04. The number of pyridine rings is 1. The van der Waals surface area contributed by atoms with Gasteiger partial charge >= 0.3 is 5.97 Å². The summed E-state index contributed by atoms with van der Waals surface area (Å²) in [5.41, 5.74) is -0.408. The molecule has 1 aromatic rings. The molecular weight excluding hydrogens is 182 g/mol. The van der Waals surface area contributed by atoms with E-state index in [2.05, 4.69) is 9.72 Å². The Balaban J connectivity index is 0.00000121. The Morgan fingerprint density at radius 1 is 1.58 bits per heavy atom. The van der Waals surface area contributed by atoms with Crippen molar-refractivity contribution in [1.29, 1.82) is 0 Å². The highest BCUT2D eigenvalue weighted by molar-refractivity contribution is 5.88. The van der Waals surface area contributed by atoms with Crippen molar-refractivity contribution in [2.24, 2.45) is 0 Å². The van der Waals surface area contributed by atoms with Crippen molar-refractivity contribution in [3.8, 4) is 0 Å². The van der Waals surface area contributed by atoms with Crippen LogP contribution >= 0.6 is 12.4 Å². The molecule has 0 aliphatic heterocycles. The van der Waals surface area contributed by atoms with Crippen LogP contribution in [0.5, 0.6) is 0 Å². The third-order valence-corrected chi connectivity index (χ3v) is 1.22. The van der Waals surface area contributed by atoms with Gasteiger partial charge in [-0.3, -0.25) is 4.79 Å². The quantitative estimate of drug-likeness (QED) is 0.658. The van der Waals surface area contributed by atoms with Gasteiger partial charge in [0.25, 0.3) is 5.56 Å². The predicted octanol–water partition coefficient (Wildman–Crippen LogP) is 0.583. The molecule has 12 heavy (non-hydrogen) atoms. The summed E-state index contributed by atoms with van der Waals surface area (Å²) in [5, 5.41) is 0. The van der Waals surface area contributed by atoms with E-state index < -0.39 is 11.5 Å². The maximum absolute atomic E-state index is 10.9. The molecule has 1 heterocycles. The fourth-order valence-electron chi connectivity index (χ4n) is 0.692. The Morgan fingerprint density at radius 2 is 2.25 bits per heavy atom. The Hall–Kier alpha value is -1.29. The molecule has 0 bridgehead atoms. The number of carbonyl (C=O) groups excluding carboxylic acids is 1. The van der Waals surface area contributed by atoms with Crippen molar-refractivity contribution >= 4 is 18.4 Å². The minimum Gasteiger partial charge on any atom is -0.465 e. The highest BCUT2D eigenvalue weighted by atomic mass is 35.5. The molecule has 5 heteroatoms. The molecule has 4 nitrogen and oxygen atoms in total. The fraction of sp³-hybridized carbons (Fsp3) is 0.143. The van der Waals surface area contributed by atoms with Crippen molar-refractivity contribution in [3.05, 3.63) is 34.2 Å². The molecule has 0 spiro atoms. The third kappa shape index (κ3) is 2.10. The van der Waals surface area contributed by atoms with Crippen LogP contribution in [0.2, 0.25) is 0 Å². The van der Waals surface area contributed by atoms with Crippen LogP contribution in [0.25, 0.3) is 0 Å². The van der Waals surface area contributed by atoms with Crippen LogP contribution < -0.4 is 5.56 Å². The lowest BCUT2D eigenvalue weighted by Gasteiger charge is -1.94. The maximum atomic E-state index is 10.9. The molecule has 0 atom stereocenters. The highest BCUT2D eigenvalue weighted by Crippen LogP contribution is 1.90. The Morgan fingerprint density at radius 3 is 2.75 bits per heavy atom. The molecule has 0 aliphatic rings. The molecule has 0 amide bonds. The molecule has 1 aromatic heterocycles. The molecule has 0 aromatic carbocycles. The van der Waals surface area contributed by atoms with Crippen molar-refractivity contribution in [3.63, 3.8) is 0 Å². The summed E-state index contributed by atoms with van der Waals surface area (Å²) in [4.78, 5) is 24.0. The third-order valence-electron chi connectivity index (χ3n) is 1.22. The molecule has 1 rings (SSSR count). The number of H-pyrrole nitrogens is 1. The normalized spacial score (nSPS) is 8.42. The number of hydrogen-bond donors (Lipinski definition) is 1. The van der Waals surface area contributed by atoms with E-state index in [0.717, 1.165) is 0 Å². The highest BCUT2D eigenvalue weighted by Gasteiger charge is 2.07. The lowest BCUT2D eigenvalue weighted by atomic mass is 10.3. The molecule has 1 N–H and O–H groups in total. The van der Waals surface area contributed by atoms with E-state index in [0.29, 0.717) is 0 Å². The number of aromatic amines is 1. The van der Waals surface area contributed by atoms with E-state index in [-0.39, 0.29) is 18.0 Å². The first-order valence-electron chi connectivity index (χ1n) is 3.01. The van der Waals surface area contributed by atoms with Crippen LogP contribution in [0.3, 0.4) is 0 Å². The maximum Gasteiger partial charge on any atom is 0.343 e. The summed E-state index contributed by atoms with van der Waals surface area (Å²) in [6, 6.07) is 2.97. The van der Waals surface area contributed by atoms with Crippen LogP contribution in [-0.4, -0.2) is 18.1 Å².